The number of aryl methyl sites for hydroxylation is 1. The molecule has 0 aliphatic rings. The predicted octanol–water partition coefficient (Wildman–Crippen LogP) is 3.08. The molecule has 0 fully saturated rings. The fraction of sp³-hybridized carbons (Fsp3) is 0.125. The number of carbonyl (C=O) groups excluding carboxylic acids is 1. The summed E-state index contributed by atoms with van der Waals surface area (Å²) in [7, 11) is 1.54. The van der Waals surface area contributed by atoms with Crippen LogP contribution in [-0.2, 0) is 0 Å². The number of hydrogen-bond acceptors (Lipinski definition) is 4. The number of carbonyl (C=O) groups is 1. The number of fused-ring (bicyclic) bond motifs is 1. The van der Waals surface area contributed by atoms with Crippen molar-refractivity contribution in [2.45, 2.75) is 6.92 Å². The molecule has 0 aliphatic heterocycles. The average Bonchev–Trinajstić information content (AvgIpc) is 2.86. The summed E-state index contributed by atoms with van der Waals surface area (Å²) in [6.45, 7) is 1.92. The first kappa shape index (κ1) is 14.7. The Kier molecular flexibility index (Phi) is 3.76. The fourth-order valence-electron chi connectivity index (χ4n) is 2.23. The summed E-state index contributed by atoms with van der Waals surface area (Å²) in [6, 6.07) is 9.96. The number of oxazole rings is 1. The van der Waals surface area contributed by atoms with Crippen LogP contribution in [0.5, 0.6) is 5.75 Å². The van der Waals surface area contributed by atoms with Crippen LogP contribution in [0.3, 0.4) is 0 Å². The summed E-state index contributed by atoms with van der Waals surface area (Å²) in [4.78, 5) is 25.8. The first-order valence-corrected chi connectivity index (χ1v) is 6.90. The fourth-order valence-corrected chi connectivity index (χ4v) is 2.23. The topological polar surface area (TPSA) is 96.4 Å². The van der Waals surface area contributed by atoms with Crippen molar-refractivity contribution in [3.05, 3.63) is 52.5 Å². The number of anilines is 2. The van der Waals surface area contributed by atoms with E-state index in [9.17, 15) is 9.59 Å². The summed E-state index contributed by atoms with van der Waals surface area (Å²) in [6.07, 6.45) is 0. The van der Waals surface area contributed by atoms with Crippen molar-refractivity contribution >= 4 is 28.5 Å². The van der Waals surface area contributed by atoms with Crippen LogP contribution in [0.1, 0.15) is 5.56 Å². The average molecular weight is 313 g/mol. The highest BCUT2D eigenvalue weighted by Crippen LogP contribution is 2.25. The summed E-state index contributed by atoms with van der Waals surface area (Å²) >= 11 is 0. The lowest BCUT2D eigenvalue weighted by Gasteiger charge is -2.12. The van der Waals surface area contributed by atoms with Crippen LogP contribution in [0, 0.1) is 6.92 Å². The van der Waals surface area contributed by atoms with Gasteiger partial charge in [0.25, 0.3) is 0 Å². The quantitative estimate of drug-likeness (QED) is 0.692. The third-order valence-electron chi connectivity index (χ3n) is 3.28. The summed E-state index contributed by atoms with van der Waals surface area (Å²) < 4.78 is 10.2. The zero-order valence-electron chi connectivity index (χ0n) is 12.6. The van der Waals surface area contributed by atoms with Crippen molar-refractivity contribution in [2.75, 3.05) is 17.7 Å². The van der Waals surface area contributed by atoms with E-state index in [1.165, 1.54) is 7.11 Å². The highest BCUT2D eigenvalue weighted by atomic mass is 16.5. The number of nitrogens with one attached hydrogen (secondary N) is 3. The normalized spacial score (nSPS) is 10.5. The lowest BCUT2D eigenvalue weighted by Crippen LogP contribution is -2.19. The Morgan fingerprint density at radius 3 is 2.78 bits per heavy atom. The van der Waals surface area contributed by atoms with Crippen LogP contribution in [0.25, 0.3) is 11.1 Å². The molecule has 0 saturated carbocycles. The maximum atomic E-state index is 12.1. The third kappa shape index (κ3) is 3.18. The number of aromatic amines is 1. The Morgan fingerprint density at radius 2 is 2.00 bits per heavy atom. The molecule has 2 amide bonds. The van der Waals surface area contributed by atoms with Gasteiger partial charge in [-0.2, -0.15) is 0 Å². The number of methoxy groups -OCH3 is 1. The van der Waals surface area contributed by atoms with Crippen molar-refractivity contribution in [1.82, 2.24) is 4.98 Å². The Hall–Kier alpha value is -3.22. The van der Waals surface area contributed by atoms with Gasteiger partial charge < -0.3 is 19.8 Å². The van der Waals surface area contributed by atoms with Crippen molar-refractivity contribution in [2.24, 2.45) is 0 Å². The van der Waals surface area contributed by atoms with E-state index in [4.69, 9.17) is 9.15 Å². The SMILES string of the molecule is COc1ccc(C)cc1NC(=O)Nc1ccc2[nH]c(=O)oc2c1. The molecule has 0 radical (unpaired) electrons. The smallest absolute Gasteiger partial charge is 0.417 e. The zero-order valence-corrected chi connectivity index (χ0v) is 12.6. The number of aromatic nitrogens is 1. The van der Waals surface area contributed by atoms with Gasteiger partial charge in [-0.1, -0.05) is 6.07 Å². The van der Waals surface area contributed by atoms with E-state index >= 15 is 0 Å². The molecule has 7 heteroatoms. The minimum atomic E-state index is -0.536. The lowest BCUT2D eigenvalue weighted by molar-refractivity contribution is 0.262. The predicted molar refractivity (Wildman–Crippen MR) is 87.2 cm³/mol. The van der Waals surface area contributed by atoms with Gasteiger partial charge in [-0.25, -0.2) is 9.59 Å². The van der Waals surface area contributed by atoms with Gasteiger partial charge >= 0.3 is 11.8 Å². The monoisotopic (exact) mass is 313 g/mol. The van der Waals surface area contributed by atoms with E-state index in [2.05, 4.69) is 15.6 Å². The Morgan fingerprint density at radius 1 is 1.17 bits per heavy atom. The molecule has 0 aliphatic carbocycles. The molecule has 2 aromatic carbocycles. The van der Waals surface area contributed by atoms with E-state index in [-0.39, 0.29) is 0 Å². The van der Waals surface area contributed by atoms with Crippen LogP contribution in [0.15, 0.2) is 45.6 Å². The number of amides is 2. The largest absolute Gasteiger partial charge is 0.495 e. The Bertz CT molecular complexity index is 926. The van der Waals surface area contributed by atoms with Gasteiger partial charge in [0.15, 0.2) is 5.58 Å². The van der Waals surface area contributed by atoms with Crippen LogP contribution in [0.2, 0.25) is 0 Å². The van der Waals surface area contributed by atoms with Crippen molar-refractivity contribution in [3.63, 3.8) is 0 Å². The summed E-state index contributed by atoms with van der Waals surface area (Å²) in [5.41, 5.74) is 3.02. The molecular weight excluding hydrogens is 298 g/mol. The second-order valence-electron chi connectivity index (χ2n) is 5.01. The van der Waals surface area contributed by atoms with Crippen LogP contribution >= 0.6 is 0 Å². The molecule has 3 rings (SSSR count). The number of benzene rings is 2. The van der Waals surface area contributed by atoms with E-state index < -0.39 is 11.8 Å². The number of hydrogen-bond donors (Lipinski definition) is 3. The minimum Gasteiger partial charge on any atom is -0.495 e. The zero-order chi connectivity index (χ0) is 16.4. The van der Waals surface area contributed by atoms with Crippen LogP contribution < -0.4 is 21.1 Å². The van der Waals surface area contributed by atoms with Gasteiger partial charge in [0.2, 0.25) is 0 Å². The number of urea groups is 1. The molecule has 0 bridgehead atoms. The second-order valence-corrected chi connectivity index (χ2v) is 5.01. The van der Waals surface area contributed by atoms with Crippen molar-refractivity contribution in [1.29, 1.82) is 0 Å². The first-order valence-electron chi connectivity index (χ1n) is 6.90. The molecule has 1 heterocycles. The van der Waals surface area contributed by atoms with Gasteiger partial charge in [0.05, 0.1) is 18.3 Å². The number of H-pyrrole nitrogens is 1. The second kappa shape index (κ2) is 5.88. The van der Waals surface area contributed by atoms with Crippen molar-refractivity contribution in [3.8, 4) is 5.75 Å². The van der Waals surface area contributed by atoms with E-state index in [0.29, 0.717) is 28.2 Å². The summed E-state index contributed by atoms with van der Waals surface area (Å²) in [5, 5.41) is 5.41. The third-order valence-corrected chi connectivity index (χ3v) is 3.28. The number of ether oxygens (including phenoxy) is 1. The highest BCUT2D eigenvalue weighted by Gasteiger charge is 2.09. The summed E-state index contributed by atoms with van der Waals surface area (Å²) in [5.74, 6) is 0.0314. The standard InChI is InChI=1S/C16H15N3O4/c1-9-3-6-13(22-2)12(7-9)18-15(20)17-10-4-5-11-14(8-10)23-16(21)19-11/h3-8H,1-2H3,(H,19,21)(H2,17,18,20). The van der Waals surface area contributed by atoms with Gasteiger partial charge in [-0.15, -0.1) is 0 Å². The van der Waals surface area contributed by atoms with Crippen molar-refractivity contribution < 1.29 is 13.9 Å². The number of rotatable bonds is 3. The lowest BCUT2D eigenvalue weighted by atomic mass is 10.2. The van der Waals surface area contributed by atoms with Gasteiger partial charge in [-0.3, -0.25) is 4.98 Å². The molecule has 3 N–H and O–H groups in total. The van der Waals surface area contributed by atoms with E-state index in [1.54, 1.807) is 24.3 Å². The molecule has 0 spiro atoms. The van der Waals surface area contributed by atoms with Crippen LogP contribution in [0.4, 0.5) is 16.2 Å². The molecule has 7 nitrogen and oxygen atoms in total. The Labute approximate surface area is 131 Å². The van der Waals surface area contributed by atoms with E-state index in [1.807, 2.05) is 19.1 Å². The van der Waals surface area contributed by atoms with Crippen LogP contribution in [-0.4, -0.2) is 18.1 Å². The highest BCUT2D eigenvalue weighted by molar-refractivity contribution is 6.01. The van der Waals surface area contributed by atoms with E-state index in [0.717, 1.165) is 5.56 Å². The van der Waals surface area contributed by atoms with Gasteiger partial charge in [0, 0.05) is 11.8 Å². The molecule has 0 atom stereocenters. The maximum Gasteiger partial charge on any atom is 0.417 e. The molecule has 0 unspecified atom stereocenters. The molecule has 1 aromatic heterocycles. The molecular formula is C16H15N3O4. The first-order chi connectivity index (χ1) is 11.0. The minimum absolute atomic E-state index is 0.376. The maximum absolute atomic E-state index is 12.1. The molecule has 0 saturated heterocycles. The molecule has 118 valence electrons. The van der Waals surface area contributed by atoms with Gasteiger partial charge in [-0.05, 0) is 36.8 Å². The van der Waals surface area contributed by atoms with Gasteiger partial charge in [0.1, 0.15) is 5.75 Å². The molecule has 23 heavy (non-hydrogen) atoms. The Balaban J connectivity index is 1.78. The molecule has 3 aromatic rings.